The van der Waals surface area contributed by atoms with Crippen molar-refractivity contribution in [3.05, 3.63) is 88.1 Å². The van der Waals surface area contributed by atoms with E-state index in [1.165, 1.54) is 5.56 Å². The number of anilines is 1. The van der Waals surface area contributed by atoms with Crippen molar-refractivity contribution < 1.29 is 9.47 Å². The van der Waals surface area contributed by atoms with Gasteiger partial charge in [-0.1, -0.05) is 29.8 Å². The quantitative estimate of drug-likeness (QED) is 0.436. The molecule has 0 atom stereocenters. The van der Waals surface area contributed by atoms with Crippen molar-refractivity contribution in [2.24, 2.45) is 5.10 Å². The van der Waals surface area contributed by atoms with Crippen LogP contribution in [0.5, 0.6) is 5.75 Å². The lowest BCUT2D eigenvalue weighted by atomic mass is 10.1. The van der Waals surface area contributed by atoms with Crippen LogP contribution in [0.15, 0.2) is 59.7 Å². The first-order valence-corrected chi connectivity index (χ1v) is 9.56. The maximum absolute atomic E-state index is 9.46. The topological polar surface area (TPSA) is 79.5 Å². The fraction of sp³-hybridized carbons (Fsp3) is 0.208. The van der Waals surface area contributed by atoms with E-state index in [2.05, 4.69) is 40.6 Å². The summed E-state index contributed by atoms with van der Waals surface area (Å²) < 4.78 is 11.0. The Bertz CT molecular complexity index is 1070. The summed E-state index contributed by atoms with van der Waals surface area (Å²) in [6, 6.07) is 19.9. The van der Waals surface area contributed by atoms with Crippen LogP contribution in [0.2, 0.25) is 0 Å². The van der Waals surface area contributed by atoms with E-state index >= 15 is 0 Å². The molecular formula is C24H24N4O2. The van der Waals surface area contributed by atoms with Crippen LogP contribution in [0.25, 0.3) is 0 Å². The molecule has 30 heavy (non-hydrogen) atoms. The van der Waals surface area contributed by atoms with Crippen molar-refractivity contribution in [2.45, 2.75) is 27.1 Å². The Hall–Kier alpha value is -3.69. The molecule has 0 radical (unpaired) electrons. The van der Waals surface area contributed by atoms with Gasteiger partial charge in [0.05, 0.1) is 12.8 Å². The summed E-state index contributed by atoms with van der Waals surface area (Å²) in [5.74, 6) is 1.21. The lowest BCUT2D eigenvalue weighted by molar-refractivity contribution is 0.184. The number of hydrogen-bond acceptors (Lipinski definition) is 6. The molecule has 0 saturated heterocycles. The predicted octanol–water partition coefficient (Wildman–Crippen LogP) is 4.74. The van der Waals surface area contributed by atoms with Crippen molar-refractivity contribution in [2.75, 3.05) is 12.5 Å². The summed E-state index contributed by atoms with van der Waals surface area (Å²) in [6.07, 6.45) is 1.67. The molecule has 0 unspecified atom stereocenters. The van der Waals surface area contributed by atoms with Crippen LogP contribution in [0, 0.1) is 25.2 Å². The second-order valence-corrected chi connectivity index (χ2v) is 6.91. The molecule has 6 nitrogen and oxygen atoms in total. The van der Waals surface area contributed by atoms with E-state index < -0.39 is 0 Å². The number of nitrogens with zero attached hydrogens (tertiary/aromatic N) is 3. The summed E-state index contributed by atoms with van der Waals surface area (Å²) in [5.41, 5.74) is 8.11. The van der Waals surface area contributed by atoms with Crippen LogP contribution in [0.1, 0.15) is 33.5 Å². The first kappa shape index (κ1) is 21.0. The lowest BCUT2D eigenvalue weighted by Gasteiger charge is -2.09. The Balaban J connectivity index is 1.62. The van der Waals surface area contributed by atoms with E-state index in [1.807, 2.05) is 49.4 Å². The number of aromatic nitrogens is 1. The molecule has 0 bridgehead atoms. The van der Waals surface area contributed by atoms with Crippen molar-refractivity contribution >= 4 is 12.0 Å². The highest BCUT2D eigenvalue weighted by Gasteiger charge is 2.10. The second kappa shape index (κ2) is 10.2. The number of benzene rings is 2. The summed E-state index contributed by atoms with van der Waals surface area (Å²) in [4.78, 5) is 4.37. The van der Waals surface area contributed by atoms with Gasteiger partial charge in [-0.25, -0.2) is 4.98 Å². The molecule has 152 valence electrons. The van der Waals surface area contributed by atoms with Gasteiger partial charge in [-0.2, -0.15) is 10.4 Å². The zero-order chi connectivity index (χ0) is 21.3. The molecule has 3 rings (SSSR count). The summed E-state index contributed by atoms with van der Waals surface area (Å²) in [5, 5.41) is 13.7. The normalized spacial score (nSPS) is 10.7. The fourth-order valence-electron chi connectivity index (χ4n) is 3.00. The standard InChI is InChI=1S/C24H24N4O2/c1-17-5-4-6-20(11-17)15-30-22-9-7-19(8-10-22)14-26-28-24-23(13-25)21(16-29-3)12-18(2)27-24/h4-12,14H,15-16H2,1-3H3,(H,27,28)/b26-14-. The number of hydrogen-bond donors (Lipinski definition) is 1. The second-order valence-electron chi connectivity index (χ2n) is 6.91. The maximum Gasteiger partial charge on any atom is 0.164 e. The number of rotatable bonds is 8. The monoisotopic (exact) mass is 400 g/mol. The Labute approximate surface area is 176 Å². The highest BCUT2D eigenvalue weighted by molar-refractivity contribution is 5.80. The molecular weight excluding hydrogens is 376 g/mol. The Morgan fingerprint density at radius 1 is 1.10 bits per heavy atom. The minimum Gasteiger partial charge on any atom is -0.489 e. The van der Waals surface area contributed by atoms with Crippen LogP contribution in [0.3, 0.4) is 0 Å². The minimum atomic E-state index is 0.342. The van der Waals surface area contributed by atoms with E-state index in [0.29, 0.717) is 24.6 Å². The minimum absolute atomic E-state index is 0.342. The molecule has 1 N–H and O–H groups in total. The van der Waals surface area contributed by atoms with Gasteiger partial charge >= 0.3 is 0 Å². The van der Waals surface area contributed by atoms with Gasteiger partial charge in [0, 0.05) is 18.4 Å². The third-order valence-electron chi connectivity index (χ3n) is 4.39. The predicted molar refractivity (Wildman–Crippen MR) is 118 cm³/mol. The average Bonchev–Trinajstić information content (AvgIpc) is 2.73. The molecule has 0 amide bonds. The molecule has 1 aromatic heterocycles. The number of nitrogens with one attached hydrogen (secondary N) is 1. The van der Waals surface area contributed by atoms with E-state index in [9.17, 15) is 5.26 Å². The highest BCUT2D eigenvalue weighted by atomic mass is 16.5. The number of pyridine rings is 1. The number of nitriles is 1. The maximum atomic E-state index is 9.46. The van der Waals surface area contributed by atoms with Crippen molar-refractivity contribution in [1.29, 1.82) is 5.26 Å². The molecule has 0 spiro atoms. The third kappa shape index (κ3) is 5.66. The number of aryl methyl sites for hydroxylation is 2. The molecule has 0 aliphatic carbocycles. The fourth-order valence-corrected chi connectivity index (χ4v) is 3.00. The van der Waals surface area contributed by atoms with Gasteiger partial charge in [0.15, 0.2) is 5.82 Å². The van der Waals surface area contributed by atoms with Crippen LogP contribution in [-0.2, 0) is 18.0 Å². The Morgan fingerprint density at radius 2 is 1.90 bits per heavy atom. The summed E-state index contributed by atoms with van der Waals surface area (Å²) >= 11 is 0. The van der Waals surface area contributed by atoms with E-state index in [4.69, 9.17) is 9.47 Å². The lowest BCUT2D eigenvalue weighted by Crippen LogP contribution is -2.03. The molecule has 0 fully saturated rings. The van der Waals surface area contributed by atoms with Gasteiger partial charge in [0.2, 0.25) is 0 Å². The Morgan fingerprint density at radius 3 is 2.60 bits per heavy atom. The van der Waals surface area contributed by atoms with E-state index in [0.717, 1.165) is 28.1 Å². The molecule has 0 aliphatic heterocycles. The largest absolute Gasteiger partial charge is 0.489 e. The average molecular weight is 400 g/mol. The van der Waals surface area contributed by atoms with Gasteiger partial charge in [0.1, 0.15) is 24.0 Å². The van der Waals surface area contributed by atoms with Crippen LogP contribution >= 0.6 is 0 Å². The first-order valence-electron chi connectivity index (χ1n) is 9.56. The SMILES string of the molecule is COCc1cc(C)nc(N/N=C\c2ccc(OCc3cccc(C)c3)cc2)c1C#N. The highest BCUT2D eigenvalue weighted by Crippen LogP contribution is 2.19. The number of hydrazone groups is 1. The van der Waals surface area contributed by atoms with Crippen LogP contribution in [0.4, 0.5) is 5.82 Å². The van der Waals surface area contributed by atoms with Gasteiger partial charge in [-0.05, 0) is 55.3 Å². The van der Waals surface area contributed by atoms with Gasteiger partial charge in [-0.15, -0.1) is 0 Å². The van der Waals surface area contributed by atoms with Crippen molar-refractivity contribution in [3.63, 3.8) is 0 Å². The third-order valence-corrected chi connectivity index (χ3v) is 4.39. The van der Waals surface area contributed by atoms with Gasteiger partial charge in [-0.3, -0.25) is 5.43 Å². The van der Waals surface area contributed by atoms with E-state index in [-0.39, 0.29) is 0 Å². The molecule has 6 heteroatoms. The first-order chi connectivity index (χ1) is 14.6. The van der Waals surface area contributed by atoms with Gasteiger partial charge in [0.25, 0.3) is 0 Å². The van der Waals surface area contributed by atoms with Crippen LogP contribution < -0.4 is 10.2 Å². The molecule has 0 aliphatic rings. The molecule has 2 aromatic carbocycles. The van der Waals surface area contributed by atoms with Crippen molar-refractivity contribution in [1.82, 2.24) is 4.98 Å². The molecule has 0 saturated carbocycles. The number of methoxy groups -OCH3 is 1. The number of ether oxygens (including phenoxy) is 2. The zero-order valence-electron chi connectivity index (χ0n) is 17.3. The van der Waals surface area contributed by atoms with Gasteiger partial charge < -0.3 is 9.47 Å². The molecule has 1 heterocycles. The van der Waals surface area contributed by atoms with E-state index in [1.54, 1.807) is 13.3 Å². The Kier molecular flexibility index (Phi) is 7.14. The zero-order valence-corrected chi connectivity index (χ0v) is 17.3. The van der Waals surface area contributed by atoms with Crippen LogP contribution in [-0.4, -0.2) is 18.3 Å². The van der Waals surface area contributed by atoms with Crippen molar-refractivity contribution in [3.8, 4) is 11.8 Å². The molecule has 3 aromatic rings. The summed E-state index contributed by atoms with van der Waals surface area (Å²) in [7, 11) is 1.59. The summed E-state index contributed by atoms with van der Waals surface area (Å²) in [6.45, 7) is 4.80. The smallest absolute Gasteiger partial charge is 0.164 e.